The van der Waals surface area contributed by atoms with Crippen LogP contribution in [0.1, 0.15) is 6.42 Å². The van der Waals surface area contributed by atoms with Crippen molar-refractivity contribution < 1.29 is 18.3 Å². The van der Waals surface area contributed by atoms with E-state index >= 15 is 0 Å². The highest BCUT2D eigenvalue weighted by Gasteiger charge is 2.41. The van der Waals surface area contributed by atoms with Gasteiger partial charge in [-0.2, -0.15) is 8.42 Å². The lowest BCUT2D eigenvalue weighted by Crippen LogP contribution is -2.41. The molecule has 0 aliphatic carbocycles. The summed E-state index contributed by atoms with van der Waals surface area (Å²) in [6.07, 6.45) is -0.512. The first kappa shape index (κ1) is 12.1. The van der Waals surface area contributed by atoms with E-state index in [2.05, 4.69) is 4.72 Å². The fourth-order valence-corrected chi connectivity index (χ4v) is 4.10. The molecule has 19 heavy (non-hydrogen) atoms. The normalized spacial score (nSPS) is 24.1. The minimum atomic E-state index is -3.62. The van der Waals surface area contributed by atoms with Gasteiger partial charge in [-0.05, 0) is 18.6 Å². The number of rotatable bonds is 1. The van der Waals surface area contributed by atoms with Crippen LogP contribution in [0.5, 0.6) is 0 Å². The number of anilines is 2. The van der Waals surface area contributed by atoms with E-state index in [1.54, 1.807) is 24.3 Å². The third-order valence-corrected chi connectivity index (χ3v) is 4.90. The van der Waals surface area contributed by atoms with Gasteiger partial charge in [0.15, 0.2) is 0 Å². The minimum Gasteiger partial charge on any atom is -0.465 e. The molecule has 2 N–H and O–H groups in total. The smallest absolute Gasteiger partial charge is 0.407 e. The van der Waals surface area contributed by atoms with Crippen molar-refractivity contribution in [2.24, 2.45) is 0 Å². The maximum Gasteiger partial charge on any atom is 0.407 e. The second-order valence-electron chi connectivity index (χ2n) is 4.59. The molecule has 0 radical (unpaired) electrons. The molecule has 0 saturated carbocycles. The van der Waals surface area contributed by atoms with E-state index in [4.69, 9.17) is 5.11 Å². The van der Waals surface area contributed by atoms with Crippen LogP contribution in [0.15, 0.2) is 24.3 Å². The van der Waals surface area contributed by atoms with Crippen molar-refractivity contribution in [1.29, 1.82) is 0 Å². The molecule has 0 bridgehead atoms. The summed E-state index contributed by atoms with van der Waals surface area (Å²) in [5.41, 5.74) is 1.12. The number of hydrogen-bond acceptors (Lipinski definition) is 3. The Morgan fingerprint density at radius 3 is 2.79 bits per heavy atom. The molecule has 3 rings (SSSR count). The van der Waals surface area contributed by atoms with Crippen molar-refractivity contribution >= 4 is 27.7 Å². The predicted octanol–water partition coefficient (Wildman–Crippen LogP) is 0.916. The van der Waals surface area contributed by atoms with Crippen molar-refractivity contribution in [2.75, 3.05) is 22.1 Å². The van der Waals surface area contributed by atoms with Crippen molar-refractivity contribution in [3.8, 4) is 0 Å². The summed E-state index contributed by atoms with van der Waals surface area (Å²) in [7, 11) is -3.62. The molecule has 0 spiro atoms. The van der Waals surface area contributed by atoms with Crippen molar-refractivity contribution in [2.45, 2.75) is 12.5 Å². The van der Waals surface area contributed by atoms with Gasteiger partial charge < -0.3 is 10.0 Å². The number of para-hydroxylation sites is 2. The van der Waals surface area contributed by atoms with Crippen LogP contribution in [0, 0.1) is 0 Å². The van der Waals surface area contributed by atoms with Gasteiger partial charge in [-0.25, -0.2) is 9.10 Å². The third-order valence-electron chi connectivity index (χ3n) is 3.40. The Labute approximate surface area is 110 Å². The van der Waals surface area contributed by atoms with E-state index in [-0.39, 0.29) is 12.6 Å². The lowest BCUT2D eigenvalue weighted by molar-refractivity contribution is 0.155. The van der Waals surface area contributed by atoms with E-state index in [0.29, 0.717) is 24.3 Å². The Morgan fingerprint density at radius 2 is 2.11 bits per heavy atom. The van der Waals surface area contributed by atoms with Gasteiger partial charge in [-0.1, -0.05) is 12.1 Å². The zero-order valence-electron chi connectivity index (χ0n) is 9.98. The fraction of sp³-hybridized carbons (Fsp3) is 0.364. The fourth-order valence-electron chi connectivity index (χ4n) is 2.57. The molecule has 2 aliphatic rings. The Bertz CT molecular complexity index is 631. The summed E-state index contributed by atoms with van der Waals surface area (Å²) in [5.74, 6) is 0. The first-order valence-electron chi connectivity index (χ1n) is 5.88. The van der Waals surface area contributed by atoms with E-state index in [9.17, 15) is 13.2 Å². The highest BCUT2D eigenvalue weighted by molar-refractivity contribution is 7.94. The van der Waals surface area contributed by atoms with Crippen LogP contribution in [0.3, 0.4) is 0 Å². The van der Waals surface area contributed by atoms with Crippen LogP contribution in [-0.4, -0.2) is 43.6 Å². The summed E-state index contributed by atoms with van der Waals surface area (Å²) in [6, 6.07) is 6.58. The number of benzene rings is 1. The van der Waals surface area contributed by atoms with Crippen LogP contribution >= 0.6 is 0 Å². The summed E-state index contributed by atoms with van der Waals surface area (Å²) in [6.45, 7) is 0.554. The Morgan fingerprint density at radius 1 is 1.37 bits per heavy atom. The molecule has 2 aliphatic heterocycles. The van der Waals surface area contributed by atoms with Gasteiger partial charge in [0.1, 0.15) is 0 Å². The Balaban J connectivity index is 1.94. The largest absolute Gasteiger partial charge is 0.465 e. The number of amides is 1. The lowest BCUT2D eigenvalue weighted by atomic mass is 10.2. The van der Waals surface area contributed by atoms with Crippen LogP contribution < -0.4 is 9.03 Å². The number of likely N-dealkylation sites (tertiary alicyclic amines) is 1. The quantitative estimate of drug-likeness (QED) is 0.801. The number of carboxylic acid groups (broad SMARTS) is 1. The van der Waals surface area contributed by atoms with Gasteiger partial charge in [0.2, 0.25) is 0 Å². The molecule has 1 atom stereocenters. The van der Waals surface area contributed by atoms with E-state index in [1.165, 1.54) is 9.21 Å². The molecule has 0 unspecified atom stereocenters. The Hall–Kier alpha value is -1.96. The second-order valence-corrected chi connectivity index (χ2v) is 6.14. The topological polar surface area (TPSA) is 89.9 Å². The molecular formula is C11H13N3O4S. The SMILES string of the molecule is O=C(O)N1CC[C@@H](N2c3ccccc3NS2(=O)=O)C1. The van der Waals surface area contributed by atoms with Gasteiger partial charge in [0.25, 0.3) is 0 Å². The molecule has 1 saturated heterocycles. The molecule has 1 amide bonds. The van der Waals surface area contributed by atoms with Gasteiger partial charge in [-0.3, -0.25) is 4.72 Å². The van der Waals surface area contributed by atoms with Gasteiger partial charge in [0.05, 0.1) is 17.4 Å². The number of fused-ring (bicyclic) bond motifs is 1. The van der Waals surface area contributed by atoms with Gasteiger partial charge >= 0.3 is 16.3 Å². The highest BCUT2D eigenvalue weighted by Crippen LogP contribution is 2.38. The molecule has 2 heterocycles. The minimum absolute atomic E-state index is 0.199. The predicted molar refractivity (Wildman–Crippen MR) is 69.5 cm³/mol. The summed E-state index contributed by atoms with van der Waals surface area (Å²) < 4.78 is 28.0. The zero-order valence-corrected chi connectivity index (χ0v) is 10.8. The maximum atomic E-state index is 12.1. The molecule has 1 aromatic rings. The summed E-state index contributed by atoms with van der Waals surface area (Å²) in [5, 5.41) is 8.94. The van der Waals surface area contributed by atoms with Crippen molar-refractivity contribution in [1.82, 2.24) is 4.90 Å². The second kappa shape index (κ2) is 4.02. The average Bonchev–Trinajstić information content (AvgIpc) is 2.88. The monoisotopic (exact) mass is 283 g/mol. The van der Waals surface area contributed by atoms with Gasteiger partial charge in [0, 0.05) is 13.1 Å². The first-order valence-corrected chi connectivity index (χ1v) is 7.32. The lowest BCUT2D eigenvalue weighted by Gasteiger charge is -2.23. The number of nitrogens with one attached hydrogen (secondary N) is 1. The van der Waals surface area contributed by atoms with Crippen molar-refractivity contribution in [3.05, 3.63) is 24.3 Å². The molecule has 1 fully saturated rings. The van der Waals surface area contributed by atoms with Crippen molar-refractivity contribution in [3.63, 3.8) is 0 Å². The van der Waals surface area contributed by atoms with Crippen LogP contribution in [-0.2, 0) is 10.2 Å². The standard InChI is InChI=1S/C11H13N3O4S/c15-11(16)13-6-5-8(7-13)14-10-4-2-1-3-9(10)12-19(14,17)18/h1-4,8,12H,5-7H2,(H,15,16)/t8-/m1/s1. The molecule has 1 aromatic carbocycles. The summed E-state index contributed by atoms with van der Waals surface area (Å²) in [4.78, 5) is 12.1. The third kappa shape index (κ3) is 1.88. The highest BCUT2D eigenvalue weighted by atomic mass is 32.2. The van der Waals surface area contributed by atoms with Crippen LogP contribution in [0.4, 0.5) is 16.2 Å². The van der Waals surface area contributed by atoms with Crippen LogP contribution in [0.2, 0.25) is 0 Å². The maximum absolute atomic E-state index is 12.1. The van der Waals surface area contributed by atoms with E-state index < -0.39 is 16.3 Å². The Kier molecular flexibility index (Phi) is 2.56. The molecule has 8 heteroatoms. The molecule has 0 aromatic heterocycles. The van der Waals surface area contributed by atoms with Crippen LogP contribution in [0.25, 0.3) is 0 Å². The first-order chi connectivity index (χ1) is 8.99. The molecular weight excluding hydrogens is 270 g/mol. The number of hydrogen-bond donors (Lipinski definition) is 2. The average molecular weight is 283 g/mol. The van der Waals surface area contributed by atoms with E-state index in [0.717, 1.165) is 0 Å². The number of nitrogens with zero attached hydrogens (tertiary/aromatic N) is 2. The zero-order chi connectivity index (χ0) is 13.6. The number of carbonyl (C=O) groups is 1. The summed E-state index contributed by atoms with van der Waals surface area (Å²) >= 11 is 0. The van der Waals surface area contributed by atoms with E-state index in [1.807, 2.05) is 0 Å². The molecule has 102 valence electrons. The molecule has 7 nitrogen and oxygen atoms in total. The van der Waals surface area contributed by atoms with Gasteiger partial charge in [-0.15, -0.1) is 0 Å².